The summed E-state index contributed by atoms with van der Waals surface area (Å²) in [4.78, 5) is 0. The summed E-state index contributed by atoms with van der Waals surface area (Å²) in [7, 11) is 1.49. The van der Waals surface area contributed by atoms with E-state index >= 15 is 0 Å². The van der Waals surface area contributed by atoms with Crippen LogP contribution in [0.2, 0.25) is 0 Å². The lowest BCUT2D eigenvalue weighted by Gasteiger charge is -2.22. The Morgan fingerprint density at radius 2 is 2.11 bits per heavy atom. The molecule has 1 atom stereocenters. The second kappa shape index (κ2) is 5.02. The summed E-state index contributed by atoms with van der Waals surface area (Å²) in [6.45, 7) is -0.132. The second-order valence-electron chi connectivity index (χ2n) is 4.75. The molecule has 6 heteroatoms. The van der Waals surface area contributed by atoms with Crippen molar-refractivity contribution in [1.82, 2.24) is 5.32 Å². The van der Waals surface area contributed by atoms with E-state index in [9.17, 15) is 18.3 Å². The number of β-amino-alcohol motifs (C(OH)–C–C–N with tert-alkyl or cyclic N) is 1. The molecule has 3 nitrogen and oxygen atoms in total. The summed E-state index contributed by atoms with van der Waals surface area (Å²) in [6, 6.07) is 6.66. The summed E-state index contributed by atoms with van der Waals surface area (Å²) >= 11 is 0. The molecule has 0 saturated heterocycles. The predicted octanol–water partition coefficient (Wildman–Crippen LogP) is 2.41. The van der Waals surface area contributed by atoms with E-state index in [0.29, 0.717) is 11.3 Å². The number of aliphatic hydroxyl groups is 1. The average molecular weight is 275 g/mol. The molecule has 1 aromatic carbocycles. The van der Waals surface area contributed by atoms with E-state index in [1.54, 1.807) is 24.3 Å². The topological polar surface area (TPSA) is 41.5 Å². The maximum Gasteiger partial charge on any atom is 0.406 e. The van der Waals surface area contributed by atoms with E-state index in [1.165, 1.54) is 7.11 Å². The van der Waals surface area contributed by atoms with Crippen LogP contribution in [0, 0.1) is 0 Å². The second-order valence-corrected chi connectivity index (χ2v) is 4.75. The molecule has 0 heterocycles. The van der Waals surface area contributed by atoms with Crippen molar-refractivity contribution in [2.75, 3.05) is 13.7 Å². The van der Waals surface area contributed by atoms with Crippen molar-refractivity contribution in [2.24, 2.45) is 0 Å². The van der Waals surface area contributed by atoms with Gasteiger partial charge in [-0.15, -0.1) is 0 Å². The fourth-order valence-corrected chi connectivity index (χ4v) is 1.94. The summed E-state index contributed by atoms with van der Waals surface area (Å²) in [5.41, 5.74) is -1.27. The van der Waals surface area contributed by atoms with Crippen molar-refractivity contribution in [1.29, 1.82) is 0 Å². The predicted molar refractivity (Wildman–Crippen MR) is 64.0 cm³/mol. The highest BCUT2D eigenvalue weighted by Crippen LogP contribution is 2.49. The van der Waals surface area contributed by atoms with Gasteiger partial charge in [-0.3, -0.25) is 0 Å². The van der Waals surface area contributed by atoms with Crippen LogP contribution in [0.25, 0.3) is 0 Å². The SMILES string of the molecule is COc1cccc(C(O)CNC2(C(F)(F)F)CC2)c1. The van der Waals surface area contributed by atoms with Gasteiger partial charge in [-0.1, -0.05) is 12.1 Å². The van der Waals surface area contributed by atoms with Gasteiger partial charge < -0.3 is 15.2 Å². The van der Waals surface area contributed by atoms with Crippen molar-refractivity contribution in [3.05, 3.63) is 29.8 Å². The number of hydrogen-bond donors (Lipinski definition) is 2. The van der Waals surface area contributed by atoms with Crippen molar-refractivity contribution in [3.63, 3.8) is 0 Å². The van der Waals surface area contributed by atoms with Gasteiger partial charge in [0.25, 0.3) is 0 Å². The van der Waals surface area contributed by atoms with Gasteiger partial charge in [-0.05, 0) is 30.5 Å². The monoisotopic (exact) mass is 275 g/mol. The fraction of sp³-hybridized carbons (Fsp3) is 0.538. The minimum absolute atomic E-state index is 0.0708. The number of aliphatic hydroxyl groups excluding tert-OH is 1. The number of hydrogen-bond acceptors (Lipinski definition) is 3. The Labute approximate surface area is 109 Å². The highest BCUT2D eigenvalue weighted by atomic mass is 19.4. The molecule has 2 N–H and O–H groups in total. The quantitative estimate of drug-likeness (QED) is 0.867. The molecule has 0 spiro atoms. The van der Waals surface area contributed by atoms with Gasteiger partial charge in [0.1, 0.15) is 11.3 Å². The van der Waals surface area contributed by atoms with Crippen LogP contribution in [0.4, 0.5) is 13.2 Å². The molecule has 1 aliphatic carbocycles. The van der Waals surface area contributed by atoms with E-state index in [0.717, 1.165) is 0 Å². The van der Waals surface area contributed by atoms with Gasteiger partial charge in [0.15, 0.2) is 0 Å². The molecule has 0 amide bonds. The van der Waals surface area contributed by atoms with E-state index in [1.807, 2.05) is 0 Å². The smallest absolute Gasteiger partial charge is 0.406 e. The highest BCUT2D eigenvalue weighted by molar-refractivity contribution is 5.30. The zero-order valence-corrected chi connectivity index (χ0v) is 10.5. The first-order chi connectivity index (χ1) is 8.88. The van der Waals surface area contributed by atoms with Crippen LogP contribution in [-0.2, 0) is 0 Å². The Balaban J connectivity index is 1.96. The Bertz CT molecular complexity index is 444. The maximum atomic E-state index is 12.7. The summed E-state index contributed by atoms with van der Waals surface area (Å²) in [5.74, 6) is 0.563. The lowest BCUT2D eigenvalue weighted by atomic mass is 10.1. The van der Waals surface area contributed by atoms with Crippen LogP contribution in [0.1, 0.15) is 24.5 Å². The zero-order valence-electron chi connectivity index (χ0n) is 10.5. The summed E-state index contributed by atoms with van der Waals surface area (Å²) in [6.07, 6.45) is -5.11. The number of halogens is 3. The number of alkyl halides is 3. The van der Waals surface area contributed by atoms with E-state index in [2.05, 4.69) is 5.32 Å². The van der Waals surface area contributed by atoms with Crippen molar-refractivity contribution >= 4 is 0 Å². The van der Waals surface area contributed by atoms with Crippen LogP contribution in [-0.4, -0.2) is 30.5 Å². The molecule has 106 valence electrons. The van der Waals surface area contributed by atoms with E-state index in [-0.39, 0.29) is 19.4 Å². The normalized spacial score (nSPS) is 19.0. The fourth-order valence-electron chi connectivity index (χ4n) is 1.94. The Hall–Kier alpha value is -1.27. The number of ether oxygens (including phenoxy) is 1. The van der Waals surface area contributed by atoms with Gasteiger partial charge in [0, 0.05) is 6.54 Å². The first-order valence-electron chi connectivity index (χ1n) is 6.02. The standard InChI is InChI=1S/C13H16F3NO2/c1-19-10-4-2-3-9(7-10)11(18)8-17-12(5-6-12)13(14,15)16/h2-4,7,11,17-18H,5-6,8H2,1H3. The largest absolute Gasteiger partial charge is 0.497 e. The van der Waals surface area contributed by atoms with Crippen molar-refractivity contribution in [2.45, 2.75) is 30.7 Å². The molecule has 1 saturated carbocycles. The zero-order chi connectivity index (χ0) is 14.1. The lowest BCUT2D eigenvalue weighted by Crippen LogP contribution is -2.46. The van der Waals surface area contributed by atoms with E-state index < -0.39 is 17.8 Å². The number of nitrogens with one attached hydrogen (secondary N) is 1. The van der Waals surface area contributed by atoms with Gasteiger partial charge in [-0.2, -0.15) is 13.2 Å². The maximum absolute atomic E-state index is 12.7. The van der Waals surface area contributed by atoms with Crippen molar-refractivity contribution < 1.29 is 23.0 Å². The molecule has 0 aromatic heterocycles. The molecule has 2 rings (SSSR count). The minimum atomic E-state index is -4.26. The first kappa shape index (κ1) is 14.1. The minimum Gasteiger partial charge on any atom is -0.497 e. The summed E-state index contributed by atoms with van der Waals surface area (Å²) in [5, 5.41) is 12.3. The van der Waals surface area contributed by atoms with Gasteiger partial charge in [-0.25, -0.2) is 0 Å². The molecule has 1 unspecified atom stereocenters. The van der Waals surface area contributed by atoms with Crippen LogP contribution >= 0.6 is 0 Å². The molecule has 1 aliphatic rings. The van der Waals surface area contributed by atoms with Crippen molar-refractivity contribution in [3.8, 4) is 5.75 Å². The Morgan fingerprint density at radius 1 is 1.42 bits per heavy atom. The molecular formula is C13H16F3NO2. The molecule has 1 aromatic rings. The molecular weight excluding hydrogens is 259 g/mol. The van der Waals surface area contributed by atoms with Crippen LogP contribution < -0.4 is 10.1 Å². The molecule has 0 radical (unpaired) electrons. The third kappa shape index (κ3) is 3.01. The van der Waals surface area contributed by atoms with Gasteiger partial charge >= 0.3 is 6.18 Å². The first-order valence-corrected chi connectivity index (χ1v) is 6.02. The molecule has 0 aliphatic heterocycles. The molecule has 1 fully saturated rings. The molecule has 0 bridgehead atoms. The Kier molecular flexibility index (Phi) is 3.73. The van der Waals surface area contributed by atoms with Crippen LogP contribution in [0.3, 0.4) is 0 Å². The summed E-state index contributed by atoms with van der Waals surface area (Å²) < 4.78 is 43.1. The van der Waals surface area contributed by atoms with Crippen LogP contribution in [0.5, 0.6) is 5.75 Å². The van der Waals surface area contributed by atoms with Gasteiger partial charge in [0.05, 0.1) is 13.2 Å². The highest BCUT2D eigenvalue weighted by Gasteiger charge is 2.63. The lowest BCUT2D eigenvalue weighted by molar-refractivity contribution is -0.166. The number of benzene rings is 1. The third-order valence-corrected chi connectivity index (χ3v) is 3.40. The molecule has 19 heavy (non-hydrogen) atoms. The number of rotatable bonds is 5. The van der Waals surface area contributed by atoms with Gasteiger partial charge in [0.2, 0.25) is 0 Å². The Morgan fingerprint density at radius 3 is 2.63 bits per heavy atom. The van der Waals surface area contributed by atoms with Crippen LogP contribution in [0.15, 0.2) is 24.3 Å². The number of methoxy groups -OCH3 is 1. The average Bonchev–Trinajstić information content (AvgIpc) is 3.16. The third-order valence-electron chi connectivity index (χ3n) is 3.40. The van der Waals surface area contributed by atoms with E-state index in [4.69, 9.17) is 4.74 Å².